The SMILES string of the molecule is CNC(=O)Cn1cc(Nc2ncc3cnn(Cc4cccc(N5CCOCC5)c4)c3n2)cn1. The zero-order chi connectivity index (χ0) is 22.6. The van der Waals surface area contributed by atoms with Crippen molar-refractivity contribution in [1.29, 1.82) is 0 Å². The van der Waals surface area contributed by atoms with Crippen molar-refractivity contribution in [1.82, 2.24) is 34.8 Å². The standard InChI is InChI=1S/C22H25N9O2/c1-23-20(32)15-30-14-18(12-25-30)27-22-24-10-17-11-26-31(21(17)28-22)13-16-3-2-4-19(9-16)29-5-7-33-8-6-29/h2-4,9-12,14H,5-8,13,15H2,1H3,(H,23,32)(H,24,27,28). The van der Waals surface area contributed by atoms with E-state index in [1.54, 1.807) is 36.5 Å². The second-order valence-electron chi connectivity index (χ2n) is 7.77. The first-order valence-electron chi connectivity index (χ1n) is 10.8. The minimum absolute atomic E-state index is 0.121. The summed E-state index contributed by atoms with van der Waals surface area (Å²) < 4.78 is 8.88. The number of nitrogens with one attached hydrogen (secondary N) is 2. The van der Waals surface area contributed by atoms with Crippen LogP contribution in [0, 0.1) is 0 Å². The van der Waals surface area contributed by atoms with Crippen LogP contribution >= 0.6 is 0 Å². The first-order chi connectivity index (χ1) is 16.2. The van der Waals surface area contributed by atoms with E-state index < -0.39 is 0 Å². The van der Waals surface area contributed by atoms with Crippen molar-refractivity contribution in [3.8, 4) is 0 Å². The summed E-state index contributed by atoms with van der Waals surface area (Å²) in [6.07, 6.45) is 6.88. The number of aromatic nitrogens is 6. The van der Waals surface area contributed by atoms with Gasteiger partial charge in [0.25, 0.3) is 0 Å². The number of carbonyl (C=O) groups is 1. The largest absolute Gasteiger partial charge is 0.378 e. The molecule has 11 nitrogen and oxygen atoms in total. The van der Waals surface area contributed by atoms with E-state index >= 15 is 0 Å². The molecule has 0 atom stereocenters. The molecule has 4 aromatic rings. The van der Waals surface area contributed by atoms with Crippen LogP contribution in [0.5, 0.6) is 0 Å². The van der Waals surface area contributed by atoms with Crippen LogP contribution in [0.15, 0.2) is 49.1 Å². The summed E-state index contributed by atoms with van der Waals surface area (Å²) in [6, 6.07) is 8.49. The molecular formula is C22H25N9O2. The molecule has 5 rings (SSSR count). The molecule has 2 N–H and O–H groups in total. The van der Waals surface area contributed by atoms with E-state index in [0.717, 1.165) is 42.9 Å². The van der Waals surface area contributed by atoms with Crippen molar-refractivity contribution in [2.45, 2.75) is 13.1 Å². The zero-order valence-electron chi connectivity index (χ0n) is 18.3. The summed E-state index contributed by atoms with van der Waals surface area (Å²) >= 11 is 0. The van der Waals surface area contributed by atoms with Gasteiger partial charge < -0.3 is 20.3 Å². The van der Waals surface area contributed by atoms with Crippen molar-refractivity contribution in [2.75, 3.05) is 43.6 Å². The molecule has 1 saturated heterocycles. The van der Waals surface area contributed by atoms with Crippen molar-refractivity contribution in [2.24, 2.45) is 0 Å². The fourth-order valence-electron chi connectivity index (χ4n) is 3.76. The van der Waals surface area contributed by atoms with Gasteiger partial charge in [-0.25, -0.2) is 9.67 Å². The van der Waals surface area contributed by atoms with E-state index in [0.29, 0.717) is 18.2 Å². The van der Waals surface area contributed by atoms with Gasteiger partial charge in [0, 0.05) is 38.2 Å². The Labute approximate surface area is 190 Å². The van der Waals surface area contributed by atoms with Crippen LogP contribution in [0.1, 0.15) is 5.56 Å². The van der Waals surface area contributed by atoms with Crippen LogP contribution in [-0.2, 0) is 22.6 Å². The molecule has 0 bridgehead atoms. The normalized spacial score (nSPS) is 13.9. The molecule has 1 amide bonds. The number of benzene rings is 1. The minimum atomic E-state index is -0.121. The number of hydrogen-bond donors (Lipinski definition) is 2. The van der Waals surface area contributed by atoms with Crippen molar-refractivity contribution in [3.05, 3.63) is 54.6 Å². The monoisotopic (exact) mass is 447 g/mol. The molecule has 0 spiro atoms. The fraction of sp³-hybridized carbons (Fsp3) is 0.318. The average Bonchev–Trinajstić information content (AvgIpc) is 3.46. The van der Waals surface area contributed by atoms with Gasteiger partial charge in [-0.1, -0.05) is 12.1 Å². The molecule has 170 valence electrons. The number of amides is 1. The summed E-state index contributed by atoms with van der Waals surface area (Å²) in [5, 5.41) is 15.3. The van der Waals surface area contributed by atoms with Crippen molar-refractivity contribution < 1.29 is 9.53 Å². The van der Waals surface area contributed by atoms with Gasteiger partial charge in [-0.3, -0.25) is 9.48 Å². The second kappa shape index (κ2) is 9.25. The number of likely N-dealkylation sites (N-methyl/N-ethyl adjacent to an activating group) is 1. The van der Waals surface area contributed by atoms with E-state index in [2.05, 4.69) is 60.0 Å². The Balaban J connectivity index is 1.33. The van der Waals surface area contributed by atoms with E-state index in [1.807, 2.05) is 4.68 Å². The molecule has 1 aliphatic heterocycles. The smallest absolute Gasteiger partial charge is 0.241 e. The van der Waals surface area contributed by atoms with Gasteiger partial charge in [0.15, 0.2) is 5.65 Å². The van der Waals surface area contributed by atoms with Gasteiger partial charge in [-0.2, -0.15) is 15.2 Å². The van der Waals surface area contributed by atoms with E-state index in [4.69, 9.17) is 4.74 Å². The molecule has 33 heavy (non-hydrogen) atoms. The van der Waals surface area contributed by atoms with Crippen LogP contribution in [-0.4, -0.2) is 68.8 Å². The van der Waals surface area contributed by atoms with Crippen LogP contribution in [0.25, 0.3) is 11.0 Å². The molecule has 1 aliphatic rings. The molecule has 0 saturated carbocycles. The van der Waals surface area contributed by atoms with Gasteiger partial charge >= 0.3 is 0 Å². The zero-order valence-corrected chi connectivity index (χ0v) is 18.3. The van der Waals surface area contributed by atoms with E-state index in [1.165, 1.54) is 5.69 Å². The van der Waals surface area contributed by atoms with Gasteiger partial charge in [-0.15, -0.1) is 0 Å². The maximum Gasteiger partial charge on any atom is 0.241 e. The summed E-state index contributed by atoms with van der Waals surface area (Å²) in [5.74, 6) is 0.315. The Bertz CT molecular complexity index is 1260. The van der Waals surface area contributed by atoms with Crippen LogP contribution in [0.3, 0.4) is 0 Å². The molecule has 1 aromatic carbocycles. The number of ether oxygens (including phenoxy) is 1. The lowest BCUT2D eigenvalue weighted by atomic mass is 10.2. The third kappa shape index (κ3) is 4.77. The van der Waals surface area contributed by atoms with Gasteiger partial charge in [-0.05, 0) is 17.7 Å². The highest BCUT2D eigenvalue weighted by Crippen LogP contribution is 2.20. The summed E-state index contributed by atoms with van der Waals surface area (Å²) in [7, 11) is 1.59. The second-order valence-corrected chi connectivity index (χ2v) is 7.77. The Kier molecular flexibility index (Phi) is 5.85. The summed E-state index contributed by atoms with van der Waals surface area (Å²) in [4.78, 5) is 22.9. The Morgan fingerprint density at radius 2 is 2.03 bits per heavy atom. The Morgan fingerprint density at radius 1 is 1.15 bits per heavy atom. The van der Waals surface area contributed by atoms with E-state index in [9.17, 15) is 4.79 Å². The lowest BCUT2D eigenvalue weighted by molar-refractivity contribution is -0.121. The van der Waals surface area contributed by atoms with Crippen LogP contribution in [0.2, 0.25) is 0 Å². The topological polar surface area (TPSA) is 115 Å². The number of anilines is 3. The molecule has 4 heterocycles. The molecular weight excluding hydrogens is 422 g/mol. The van der Waals surface area contributed by atoms with E-state index in [-0.39, 0.29) is 12.5 Å². The molecule has 0 radical (unpaired) electrons. The van der Waals surface area contributed by atoms with Gasteiger partial charge in [0.05, 0.1) is 43.2 Å². The molecule has 0 aliphatic carbocycles. The summed E-state index contributed by atoms with van der Waals surface area (Å²) in [6.45, 7) is 4.06. The number of fused-ring (bicyclic) bond motifs is 1. The fourth-order valence-corrected chi connectivity index (χ4v) is 3.76. The quantitative estimate of drug-likeness (QED) is 0.437. The molecule has 11 heteroatoms. The summed E-state index contributed by atoms with van der Waals surface area (Å²) in [5.41, 5.74) is 3.77. The maximum absolute atomic E-state index is 11.5. The number of carbonyl (C=O) groups excluding carboxylic acids is 1. The third-order valence-electron chi connectivity index (χ3n) is 5.47. The first-order valence-corrected chi connectivity index (χ1v) is 10.8. The minimum Gasteiger partial charge on any atom is -0.378 e. The lowest BCUT2D eigenvalue weighted by Crippen LogP contribution is -2.36. The highest BCUT2D eigenvalue weighted by atomic mass is 16.5. The van der Waals surface area contributed by atoms with Gasteiger partial charge in [0.2, 0.25) is 11.9 Å². The molecule has 3 aromatic heterocycles. The highest BCUT2D eigenvalue weighted by molar-refractivity contribution is 5.76. The van der Waals surface area contributed by atoms with Gasteiger partial charge in [0.1, 0.15) is 6.54 Å². The number of hydrogen-bond acceptors (Lipinski definition) is 8. The number of rotatable bonds is 7. The van der Waals surface area contributed by atoms with Crippen molar-refractivity contribution in [3.63, 3.8) is 0 Å². The molecule has 0 unspecified atom stereocenters. The van der Waals surface area contributed by atoms with Crippen molar-refractivity contribution >= 4 is 34.3 Å². The van der Waals surface area contributed by atoms with Crippen LogP contribution < -0.4 is 15.5 Å². The number of nitrogens with zero attached hydrogens (tertiary/aromatic N) is 7. The maximum atomic E-state index is 11.5. The molecule has 1 fully saturated rings. The first kappa shape index (κ1) is 20.9. The third-order valence-corrected chi connectivity index (χ3v) is 5.47. The average molecular weight is 448 g/mol. The van der Waals surface area contributed by atoms with Crippen LogP contribution in [0.4, 0.5) is 17.3 Å². The lowest BCUT2D eigenvalue weighted by Gasteiger charge is -2.29. The predicted octanol–water partition coefficient (Wildman–Crippen LogP) is 1.40. The number of morpholine rings is 1. The Hall–Kier alpha value is -3.99. The predicted molar refractivity (Wildman–Crippen MR) is 123 cm³/mol. The Morgan fingerprint density at radius 3 is 2.88 bits per heavy atom. The highest BCUT2D eigenvalue weighted by Gasteiger charge is 2.13.